The maximum absolute atomic E-state index is 5.51. The molecule has 0 unspecified atom stereocenters. The minimum atomic E-state index is 0.327. The Kier molecular flexibility index (Phi) is 3.08. The van der Waals surface area contributed by atoms with Crippen molar-refractivity contribution in [2.24, 2.45) is 0 Å². The van der Waals surface area contributed by atoms with E-state index in [-0.39, 0.29) is 0 Å². The largest absolute Gasteiger partial charge is 0.467 e. The van der Waals surface area contributed by atoms with Crippen molar-refractivity contribution in [2.45, 2.75) is 19.3 Å². The molecule has 1 aliphatic carbocycles. The Morgan fingerprint density at radius 3 is 2.86 bits per heavy atom. The van der Waals surface area contributed by atoms with Crippen molar-refractivity contribution in [3.63, 3.8) is 0 Å². The Hall–Kier alpha value is -0.540. The highest BCUT2D eigenvalue weighted by molar-refractivity contribution is 9.10. The first-order valence-electron chi connectivity index (χ1n) is 4.75. The molecule has 0 radical (unpaired) electrons. The molecule has 0 amide bonds. The molecule has 0 saturated carbocycles. The van der Waals surface area contributed by atoms with Gasteiger partial charge in [-0.05, 0) is 42.5 Å². The van der Waals surface area contributed by atoms with E-state index in [1.54, 1.807) is 7.11 Å². The van der Waals surface area contributed by atoms with Gasteiger partial charge in [-0.3, -0.25) is 0 Å². The van der Waals surface area contributed by atoms with Gasteiger partial charge >= 0.3 is 0 Å². The third kappa shape index (κ3) is 1.79. The average molecular weight is 257 g/mol. The molecule has 14 heavy (non-hydrogen) atoms. The van der Waals surface area contributed by atoms with E-state index in [1.165, 1.54) is 22.0 Å². The van der Waals surface area contributed by atoms with Gasteiger partial charge in [-0.2, -0.15) is 0 Å². The number of halogens is 1. The molecule has 0 atom stereocenters. The van der Waals surface area contributed by atoms with E-state index in [0.29, 0.717) is 6.79 Å². The van der Waals surface area contributed by atoms with Crippen LogP contribution in [0.3, 0.4) is 0 Å². The van der Waals surface area contributed by atoms with Gasteiger partial charge in [0.25, 0.3) is 0 Å². The van der Waals surface area contributed by atoms with Crippen LogP contribution in [0, 0.1) is 0 Å². The second-order valence-corrected chi connectivity index (χ2v) is 4.26. The van der Waals surface area contributed by atoms with Crippen LogP contribution in [0.5, 0.6) is 5.75 Å². The number of hydrogen-bond acceptors (Lipinski definition) is 2. The molecule has 2 rings (SSSR count). The van der Waals surface area contributed by atoms with Crippen molar-refractivity contribution in [3.05, 3.63) is 27.7 Å². The van der Waals surface area contributed by atoms with Crippen LogP contribution in [0.4, 0.5) is 0 Å². The lowest BCUT2D eigenvalue weighted by molar-refractivity contribution is 0.0505. The predicted octanol–water partition coefficient (Wildman–Crippen LogP) is 2.92. The molecule has 0 heterocycles. The van der Waals surface area contributed by atoms with Gasteiger partial charge in [-0.1, -0.05) is 15.9 Å². The van der Waals surface area contributed by atoms with Crippen molar-refractivity contribution < 1.29 is 9.47 Å². The number of hydrogen-bond donors (Lipinski definition) is 0. The molecule has 1 aliphatic rings. The summed E-state index contributed by atoms with van der Waals surface area (Å²) in [6.45, 7) is 0.327. The van der Waals surface area contributed by atoms with Gasteiger partial charge < -0.3 is 9.47 Å². The molecular weight excluding hydrogens is 244 g/mol. The summed E-state index contributed by atoms with van der Waals surface area (Å²) in [7, 11) is 1.64. The van der Waals surface area contributed by atoms with Crippen molar-refractivity contribution in [2.75, 3.05) is 13.9 Å². The topological polar surface area (TPSA) is 18.5 Å². The fourth-order valence-electron chi connectivity index (χ4n) is 1.89. The average Bonchev–Trinajstić information content (AvgIpc) is 2.66. The molecule has 0 fully saturated rings. The zero-order valence-electron chi connectivity index (χ0n) is 8.18. The Morgan fingerprint density at radius 1 is 1.29 bits per heavy atom. The lowest BCUT2D eigenvalue weighted by Crippen LogP contribution is -2.01. The molecule has 1 aromatic rings. The standard InChI is InChI=1S/C11H13BrO2/c1-13-7-14-11-6-5-10(12)8-3-2-4-9(8)11/h5-6H,2-4,7H2,1H3. The van der Waals surface area contributed by atoms with Crippen LogP contribution in [0.25, 0.3) is 0 Å². The first-order valence-corrected chi connectivity index (χ1v) is 5.54. The highest BCUT2D eigenvalue weighted by atomic mass is 79.9. The van der Waals surface area contributed by atoms with Crippen LogP contribution in [0.1, 0.15) is 17.5 Å². The van der Waals surface area contributed by atoms with E-state index in [2.05, 4.69) is 22.0 Å². The predicted molar refractivity (Wildman–Crippen MR) is 58.7 cm³/mol. The van der Waals surface area contributed by atoms with E-state index >= 15 is 0 Å². The summed E-state index contributed by atoms with van der Waals surface area (Å²) in [6, 6.07) is 4.06. The van der Waals surface area contributed by atoms with Crippen molar-refractivity contribution in [3.8, 4) is 5.75 Å². The third-order valence-electron chi connectivity index (χ3n) is 2.52. The van der Waals surface area contributed by atoms with Crippen LogP contribution in [-0.4, -0.2) is 13.9 Å². The van der Waals surface area contributed by atoms with Crippen LogP contribution in [-0.2, 0) is 17.6 Å². The molecule has 2 nitrogen and oxygen atoms in total. The van der Waals surface area contributed by atoms with E-state index in [9.17, 15) is 0 Å². The van der Waals surface area contributed by atoms with E-state index in [4.69, 9.17) is 9.47 Å². The lowest BCUT2D eigenvalue weighted by Gasteiger charge is -2.10. The molecule has 1 aromatic carbocycles. The van der Waals surface area contributed by atoms with Gasteiger partial charge in [-0.15, -0.1) is 0 Å². The van der Waals surface area contributed by atoms with Gasteiger partial charge in [0.15, 0.2) is 6.79 Å². The fraction of sp³-hybridized carbons (Fsp3) is 0.455. The summed E-state index contributed by atoms with van der Waals surface area (Å²) in [5.41, 5.74) is 2.75. The zero-order chi connectivity index (χ0) is 9.97. The van der Waals surface area contributed by atoms with Gasteiger partial charge in [0.1, 0.15) is 5.75 Å². The minimum Gasteiger partial charge on any atom is -0.467 e. The van der Waals surface area contributed by atoms with Crippen molar-refractivity contribution in [1.29, 1.82) is 0 Å². The van der Waals surface area contributed by atoms with Gasteiger partial charge in [-0.25, -0.2) is 0 Å². The summed E-state index contributed by atoms with van der Waals surface area (Å²) in [4.78, 5) is 0. The molecule has 0 spiro atoms. The van der Waals surface area contributed by atoms with Crippen LogP contribution in [0.15, 0.2) is 16.6 Å². The third-order valence-corrected chi connectivity index (χ3v) is 3.26. The Balaban J connectivity index is 2.29. The maximum atomic E-state index is 5.51. The van der Waals surface area contributed by atoms with E-state index in [0.717, 1.165) is 18.6 Å². The smallest absolute Gasteiger partial charge is 0.188 e. The molecule has 0 saturated heterocycles. The van der Waals surface area contributed by atoms with Gasteiger partial charge in [0, 0.05) is 11.6 Å². The van der Waals surface area contributed by atoms with Crippen molar-refractivity contribution in [1.82, 2.24) is 0 Å². The van der Waals surface area contributed by atoms with Crippen LogP contribution < -0.4 is 4.74 Å². The summed E-state index contributed by atoms with van der Waals surface area (Å²) >= 11 is 3.56. The number of rotatable bonds is 3. The van der Waals surface area contributed by atoms with Crippen LogP contribution >= 0.6 is 15.9 Å². The van der Waals surface area contributed by atoms with E-state index in [1.807, 2.05) is 6.07 Å². The molecule has 0 bridgehead atoms. The first kappa shape index (κ1) is 9.99. The molecule has 0 aliphatic heterocycles. The quantitative estimate of drug-likeness (QED) is 0.775. The molecule has 76 valence electrons. The normalized spacial score (nSPS) is 14.1. The number of fused-ring (bicyclic) bond motifs is 1. The van der Waals surface area contributed by atoms with Crippen LogP contribution in [0.2, 0.25) is 0 Å². The summed E-state index contributed by atoms with van der Waals surface area (Å²) in [6.07, 6.45) is 3.50. The Morgan fingerprint density at radius 2 is 2.07 bits per heavy atom. The SMILES string of the molecule is COCOc1ccc(Br)c2c1CCC2. The molecular formula is C11H13BrO2. The first-order chi connectivity index (χ1) is 6.83. The monoisotopic (exact) mass is 256 g/mol. The molecule has 3 heteroatoms. The zero-order valence-corrected chi connectivity index (χ0v) is 9.76. The summed E-state index contributed by atoms with van der Waals surface area (Å²) in [5, 5.41) is 0. The number of ether oxygens (including phenoxy) is 2. The summed E-state index contributed by atoms with van der Waals surface area (Å²) in [5.74, 6) is 0.975. The van der Waals surface area contributed by atoms with Gasteiger partial charge in [0.2, 0.25) is 0 Å². The second-order valence-electron chi connectivity index (χ2n) is 3.41. The molecule has 0 aromatic heterocycles. The summed E-state index contributed by atoms with van der Waals surface area (Å²) < 4.78 is 11.6. The maximum Gasteiger partial charge on any atom is 0.188 e. The highest BCUT2D eigenvalue weighted by Crippen LogP contribution is 2.35. The number of benzene rings is 1. The minimum absolute atomic E-state index is 0.327. The van der Waals surface area contributed by atoms with Crippen molar-refractivity contribution >= 4 is 15.9 Å². The Labute approximate surface area is 92.3 Å². The number of methoxy groups -OCH3 is 1. The molecule has 0 N–H and O–H groups in total. The second kappa shape index (κ2) is 4.32. The highest BCUT2D eigenvalue weighted by Gasteiger charge is 2.18. The van der Waals surface area contributed by atoms with E-state index < -0.39 is 0 Å². The van der Waals surface area contributed by atoms with Gasteiger partial charge in [0.05, 0.1) is 0 Å². The lowest BCUT2D eigenvalue weighted by atomic mass is 10.1. The fourth-order valence-corrected chi connectivity index (χ4v) is 2.46. The Bertz CT molecular complexity index is 336.